The van der Waals surface area contributed by atoms with E-state index in [4.69, 9.17) is 0 Å². The molecule has 8 aromatic rings. The van der Waals surface area contributed by atoms with Crippen LogP contribution in [0, 0.1) is 0 Å². The summed E-state index contributed by atoms with van der Waals surface area (Å²) in [7, 11) is 0. The molecular formula is C51H37NS2. The molecule has 0 saturated heterocycles. The van der Waals surface area contributed by atoms with Crippen molar-refractivity contribution in [3.05, 3.63) is 209 Å². The maximum Gasteiger partial charge on any atom is 0.0546 e. The van der Waals surface area contributed by atoms with Gasteiger partial charge in [0, 0.05) is 36.1 Å². The Balaban J connectivity index is 1.10. The molecule has 3 heteroatoms. The van der Waals surface area contributed by atoms with Crippen molar-refractivity contribution in [1.82, 2.24) is 0 Å². The lowest BCUT2D eigenvalue weighted by Gasteiger charge is -2.28. The van der Waals surface area contributed by atoms with E-state index in [1.807, 2.05) is 11.3 Å². The summed E-state index contributed by atoms with van der Waals surface area (Å²) in [5.74, 6) is 0. The SMILES string of the molecule is C=C1/C=C\C=C/Cc2cccc(-c3ccc(N(c4ccc(C5=CCCc6c5sc5ccccc65)cc4)c4cc5ccccc5c5ccccc45)cc3)c2S1. The number of benzene rings is 7. The lowest BCUT2D eigenvalue weighted by atomic mass is 9.91. The van der Waals surface area contributed by atoms with Crippen molar-refractivity contribution in [2.24, 2.45) is 0 Å². The number of allylic oxidation sites excluding steroid dienone is 5. The van der Waals surface area contributed by atoms with Crippen molar-refractivity contribution in [3.8, 4) is 11.1 Å². The number of rotatable bonds is 5. The van der Waals surface area contributed by atoms with Gasteiger partial charge in [0.1, 0.15) is 0 Å². The molecular weight excluding hydrogens is 691 g/mol. The molecule has 1 aliphatic carbocycles. The maximum absolute atomic E-state index is 4.33. The molecule has 0 N–H and O–H groups in total. The molecule has 10 rings (SSSR count). The molecule has 0 atom stereocenters. The summed E-state index contributed by atoms with van der Waals surface area (Å²) < 4.78 is 1.37. The van der Waals surface area contributed by atoms with Crippen LogP contribution in [0.2, 0.25) is 0 Å². The van der Waals surface area contributed by atoms with Gasteiger partial charge in [-0.05, 0) is 117 Å². The quantitative estimate of drug-likeness (QED) is 0.162. The molecule has 0 fully saturated rings. The van der Waals surface area contributed by atoms with E-state index in [1.165, 1.54) is 80.5 Å². The third-order valence-electron chi connectivity index (χ3n) is 10.7. The molecule has 54 heavy (non-hydrogen) atoms. The fourth-order valence-corrected chi connectivity index (χ4v) is 10.5. The molecule has 0 unspecified atom stereocenters. The van der Waals surface area contributed by atoms with Crippen molar-refractivity contribution in [3.63, 3.8) is 0 Å². The number of nitrogens with zero attached hydrogens (tertiary/aromatic N) is 1. The van der Waals surface area contributed by atoms with E-state index >= 15 is 0 Å². The van der Waals surface area contributed by atoms with Gasteiger partial charge in [0.05, 0.1) is 5.69 Å². The van der Waals surface area contributed by atoms with Gasteiger partial charge >= 0.3 is 0 Å². The van der Waals surface area contributed by atoms with Gasteiger partial charge in [0.25, 0.3) is 0 Å². The zero-order valence-corrected chi connectivity index (χ0v) is 31.5. The smallest absolute Gasteiger partial charge is 0.0546 e. The van der Waals surface area contributed by atoms with Crippen molar-refractivity contribution in [2.75, 3.05) is 4.90 Å². The van der Waals surface area contributed by atoms with E-state index < -0.39 is 0 Å². The Kier molecular flexibility index (Phi) is 8.39. The number of aryl methyl sites for hydroxylation is 1. The summed E-state index contributed by atoms with van der Waals surface area (Å²) in [6.07, 6.45) is 14.0. The van der Waals surface area contributed by atoms with Crippen LogP contribution in [0.4, 0.5) is 17.1 Å². The van der Waals surface area contributed by atoms with Gasteiger partial charge in [-0.2, -0.15) is 0 Å². The minimum absolute atomic E-state index is 0.895. The highest BCUT2D eigenvalue weighted by Gasteiger charge is 2.22. The Morgan fingerprint density at radius 2 is 1.31 bits per heavy atom. The standard InChI is InChI=1S/C51H37NS2/c1-34-13-3-2-4-14-37-16-11-21-42(50(37)53-34)35-25-29-39(30-26-35)52(48-33-38-15-5-6-17-41(38)44-18-7-8-19-45(44)48)40-31-27-36(28-32-40)43-22-12-23-47-46-20-9-10-24-49(46)54-51(43)47/h2-11,13,15-22,24-33H,1,12,14,23H2/b4-2-,13-3-. The highest BCUT2D eigenvalue weighted by Crippen LogP contribution is 2.46. The van der Waals surface area contributed by atoms with Gasteiger partial charge < -0.3 is 4.90 Å². The van der Waals surface area contributed by atoms with E-state index in [0.717, 1.165) is 35.5 Å². The molecule has 0 bridgehead atoms. The lowest BCUT2D eigenvalue weighted by Crippen LogP contribution is -2.11. The van der Waals surface area contributed by atoms with Crippen molar-refractivity contribution >= 4 is 77.4 Å². The third kappa shape index (κ3) is 5.81. The maximum atomic E-state index is 4.33. The third-order valence-corrected chi connectivity index (χ3v) is 13.1. The Bertz CT molecular complexity index is 2830. The molecule has 0 saturated carbocycles. The van der Waals surface area contributed by atoms with E-state index in [-0.39, 0.29) is 0 Å². The minimum atomic E-state index is 0.895. The van der Waals surface area contributed by atoms with Crippen LogP contribution in [-0.2, 0) is 12.8 Å². The van der Waals surface area contributed by atoms with Crippen LogP contribution in [-0.4, -0.2) is 0 Å². The Labute approximate surface area is 324 Å². The molecule has 7 aromatic carbocycles. The van der Waals surface area contributed by atoms with Crippen LogP contribution in [0.15, 0.2) is 192 Å². The van der Waals surface area contributed by atoms with Crippen molar-refractivity contribution in [1.29, 1.82) is 0 Å². The summed E-state index contributed by atoms with van der Waals surface area (Å²) in [6, 6.07) is 53.9. The normalized spacial score (nSPS) is 15.2. The average Bonchev–Trinajstić information content (AvgIpc) is 3.64. The molecule has 1 aromatic heterocycles. The van der Waals surface area contributed by atoms with Gasteiger partial charge in [-0.3, -0.25) is 0 Å². The van der Waals surface area contributed by atoms with Crippen molar-refractivity contribution < 1.29 is 0 Å². The first-order valence-electron chi connectivity index (χ1n) is 18.6. The van der Waals surface area contributed by atoms with E-state index in [0.29, 0.717) is 0 Å². The van der Waals surface area contributed by atoms with E-state index in [1.54, 1.807) is 11.8 Å². The predicted octanol–water partition coefficient (Wildman–Crippen LogP) is 15.0. The van der Waals surface area contributed by atoms with E-state index in [9.17, 15) is 0 Å². The Morgan fingerprint density at radius 1 is 0.611 bits per heavy atom. The number of anilines is 3. The highest BCUT2D eigenvalue weighted by molar-refractivity contribution is 8.03. The zero-order chi connectivity index (χ0) is 36.0. The van der Waals surface area contributed by atoms with E-state index in [2.05, 4.69) is 187 Å². The van der Waals surface area contributed by atoms with Gasteiger partial charge in [-0.1, -0.05) is 152 Å². The average molecular weight is 728 g/mol. The highest BCUT2D eigenvalue weighted by atomic mass is 32.2. The summed E-state index contributed by atoms with van der Waals surface area (Å²) in [5.41, 5.74) is 11.3. The first kappa shape index (κ1) is 32.8. The molecule has 0 spiro atoms. The van der Waals surface area contributed by atoms with Gasteiger partial charge in [0.15, 0.2) is 0 Å². The topological polar surface area (TPSA) is 3.24 Å². The van der Waals surface area contributed by atoms with Gasteiger partial charge in [0.2, 0.25) is 0 Å². The molecule has 1 nitrogen and oxygen atoms in total. The summed E-state index contributed by atoms with van der Waals surface area (Å²) in [4.78, 5) is 6.17. The Hall–Kier alpha value is -5.87. The van der Waals surface area contributed by atoms with Crippen LogP contribution in [0.25, 0.3) is 48.3 Å². The number of thioether (sulfide) groups is 1. The lowest BCUT2D eigenvalue weighted by molar-refractivity contribution is 0.998. The van der Waals surface area contributed by atoms with Crippen LogP contribution >= 0.6 is 23.1 Å². The van der Waals surface area contributed by atoms with Gasteiger partial charge in [-0.15, -0.1) is 11.3 Å². The summed E-state index contributed by atoms with van der Waals surface area (Å²) in [6.45, 7) is 4.33. The number of hydrogen-bond donors (Lipinski definition) is 0. The second-order valence-corrected chi connectivity index (χ2v) is 16.2. The zero-order valence-electron chi connectivity index (χ0n) is 29.8. The van der Waals surface area contributed by atoms with Crippen LogP contribution in [0.3, 0.4) is 0 Å². The molecule has 1 aliphatic heterocycles. The van der Waals surface area contributed by atoms with Gasteiger partial charge in [-0.25, -0.2) is 0 Å². The first-order valence-corrected chi connectivity index (χ1v) is 20.3. The number of hydrogen-bond acceptors (Lipinski definition) is 3. The molecule has 0 amide bonds. The fraction of sp³-hybridized carbons (Fsp3) is 0.0588. The summed E-state index contributed by atoms with van der Waals surface area (Å²) in [5, 5.41) is 6.39. The Morgan fingerprint density at radius 3 is 2.13 bits per heavy atom. The number of fused-ring (bicyclic) bond motifs is 7. The summed E-state index contributed by atoms with van der Waals surface area (Å²) >= 11 is 3.69. The minimum Gasteiger partial charge on any atom is -0.310 e. The van der Waals surface area contributed by atoms with Crippen LogP contribution in [0.1, 0.15) is 28.0 Å². The number of thiophene rings is 1. The molecule has 2 heterocycles. The second-order valence-electron chi connectivity index (χ2n) is 14.0. The molecule has 2 aliphatic rings. The molecule has 0 radical (unpaired) electrons. The second kappa shape index (κ2) is 13.8. The predicted molar refractivity (Wildman–Crippen MR) is 236 cm³/mol. The largest absolute Gasteiger partial charge is 0.310 e. The fourth-order valence-electron chi connectivity index (χ4n) is 8.19. The monoisotopic (exact) mass is 727 g/mol. The molecule has 258 valence electrons. The first-order chi connectivity index (χ1) is 26.7. The van der Waals surface area contributed by atoms with Crippen LogP contribution in [0.5, 0.6) is 0 Å². The van der Waals surface area contributed by atoms with Crippen LogP contribution < -0.4 is 4.90 Å². The van der Waals surface area contributed by atoms with Crippen molar-refractivity contribution in [2.45, 2.75) is 24.2 Å².